The lowest BCUT2D eigenvalue weighted by Gasteiger charge is -2.29. The molecule has 168 valence electrons. The fourth-order valence-corrected chi connectivity index (χ4v) is 4.71. The van der Waals surface area contributed by atoms with E-state index in [1.165, 1.54) is 0 Å². The molecule has 2 aromatic carbocycles. The average molecular weight is 456 g/mol. The van der Waals surface area contributed by atoms with E-state index in [0.717, 1.165) is 0 Å². The summed E-state index contributed by atoms with van der Waals surface area (Å²) in [5.74, 6) is -1.35. The van der Waals surface area contributed by atoms with Crippen molar-refractivity contribution in [3.63, 3.8) is 0 Å². The fourth-order valence-electron chi connectivity index (χ4n) is 4.54. The van der Waals surface area contributed by atoms with Gasteiger partial charge in [0.1, 0.15) is 5.54 Å². The van der Waals surface area contributed by atoms with Crippen molar-refractivity contribution >= 4 is 40.8 Å². The second-order valence-electron chi connectivity index (χ2n) is 8.52. The van der Waals surface area contributed by atoms with E-state index in [1.807, 2.05) is 0 Å². The molecule has 1 spiro atoms. The van der Waals surface area contributed by atoms with Crippen molar-refractivity contribution in [1.29, 1.82) is 0 Å². The number of esters is 1. The number of carbonyl (C=O) groups is 3. The van der Waals surface area contributed by atoms with Crippen molar-refractivity contribution in [3.05, 3.63) is 58.6 Å². The smallest absolute Gasteiger partial charge is 0.338 e. The van der Waals surface area contributed by atoms with E-state index in [9.17, 15) is 14.4 Å². The molecule has 1 fully saturated rings. The first kappa shape index (κ1) is 22.3. The molecule has 2 amide bonds. The zero-order valence-electron chi connectivity index (χ0n) is 18.2. The molecule has 2 heterocycles. The molecule has 4 rings (SSSR count). The Kier molecular flexibility index (Phi) is 5.97. The van der Waals surface area contributed by atoms with Gasteiger partial charge >= 0.3 is 5.97 Å². The quantitative estimate of drug-likeness (QED) is 0.593. The molecule has 3 unspecified atom stereocenters. The van der Waals surface area contributed by atoms with Crippen LogP contribution in [0.4, 0.5) is 11.4 Å². The summed E-state index contributed by atoms with van der Waals surface area (Å²) in [6, 6.07) is 11.7. The molecule has 32 heavy (non-hydrogen) atoms. The Labute approximate surface area is 191 Å². The largest absolute Gasteiger partial charge is 0.462 e. The molecule has 0 aliphatic carbocycles. The van der Waals surface area contributed by atoms with Gasteiger partial charge in [-0.25, -0.2) is 4.79 Å². The highest BCUT2D eigenvalue weighted by Gasteiger charge is 2.60. The molecule has 0 radical (unpaired) electrons. The van der Waals surface area contributed by atoms with Crippen LogP contribution in [0.5, 0.6) is 0 Å². The van der Waals surface area contributed by atoms with Crippen LogP contribution in [-0.2, 0) is 19.9 Å². The van der Waals surface area contributed by atoms with Crippen molar-refractivity contribution < 1.29 is 19.1 Å². The summed E-state index contributed by atoms with van der Waals surface area (Å²) in [7, 11) is 0. The van der Waals surface area contributed by atoms with Gasteiger partial charge in [0.05, 0.1) is 18.1 Å². The first-order valence-electron chi connectivity index (χ1n) is 10.7. The lowest BCUT2D eigenvalue weighted by atomic mass is 9.79. The minimum Gasteiger partial charge on any atom is -0.462 e. The number of halogens is 1. The van der Waals surface area contributed by atoms with Gasteiger partial charge in [0.2, 0.25) is 11.8 Å². The number of benzene rings is 2. The van der Waals surface area contributed by atoms with Crippen molar-refractivity contribution in [1.82, 2.24) is 5.32 Å². The minimum absolute atomic E-state index is 0.0207. The minimum atomic E-state index is -1.19. The van der Waals surface area contributed by atoms with Gasteiger partial charge in [-0.2, -0.15) is 0 Å². The number of carbonyl (C=O) groups excluding carboxylic acids is 3. The number of hydrogen-bond acceptors (Lipinski definition) is 5. The molecular weight excluding hydrogens is 430 g/mol. The second kappa shape index (κ2) is 8.56. The summed E-state index contributed by atoms with van der Waals surface area (Å²) in [6.07, 6.45) is 0.504. The maximum atomic E-state index is 13.4. The zero-order valence-corrected chi connectivity index (χ0v) is 19.0. The van der Waals surface area contributed by atoms with Crippen LogP contribution in [-0.4, -0.2) is 30.4 Å². The van der Waals surface area contributed by atoms with Crippen molar-refractivity contribution in [2.45, 2.75) is 38.8 Å². The van der Waals surface area contributed by atoms with E-state index in [1.54, 1.807) is 49.4 Å². The first-order valence-corrected chi connectivity index (χ1v) is 11.1. The fraction of sp³-hybridized carbons (Fsp3) is 0.375. The summed E-state index contributed by atoms with van der Waals surface area (Å²) >= 11 is 6.25. The molecule has 3 N–H and O–H groups in total. The van der Waals surface area contributed by atoms with Gasteiger partial charge in [-0.1, -0.05) is 25.4 Å². The first-order chi connectivity index (χ1) is 15.3. The van der Waals surface area contributed by atoms with Crippen LogP contribution in [0.15, 0.2) is 42.5 Å². The molecule has 2 aromatic rings. The third-order valence-corrected chi connectivity index (χ3v) is 6.46. The molecule has 7 nitrogen and oxygen atoms in total. The van der Waals surface area contributed by atoms with E-state index in [-0.39, 0.29) is 23.8 Å². The second-order valence-corrected chi connectivity index (χ2v) is 8.96. The summed E-state index contributed by atoms with van der Waals surface area (Å²) in [5, 5.41) is 9.78. The van der Waals surface area contributed by atoms with E-state index in [2.05, 4.69) is 29.8 Å². The molecular formula is C24H26ClN3O4. The molecule has 8 heteroatoms. The summed E-state index contributed by atoms with van der Waals surface area (Å²) < 4.78 is 4.99. The van der Waals surface area contributed by atoms with E-state index in [0.29, 0.717) is 40.6 Å². The summed E-state index contributed by atoms with van der Waals surface area (Å²) in [6.45, 7) is 6.16. The summed E-state index contributed by atoms with van der Waals surface area (Å²) in [4.78, 5) is 38.5. The number of hydrogen-bond donors (Lipinski definition) is 3. The van der Waals surface area contributed by atoms with Crippen LogP contribution >= 0.6 is 11.6 Å². The SMILES string of the molecule is CCOC(=O)c1ccc(NC(=O)C2CC(C(C)C)NC23C(=O)Nc2ccc(Cl)cc23)cc1. The average Bonchev–Trinajstić information content (AvgIpc) is 3.29. The molecule has 1 saturated heterocycles. The summed E-state index contributed by atoms with van der Waals surface area (Å²) in [5.41, 5.74) is 1.10. The van der Waals surface area contributed by atoms with E-state index >= 15 is 0 Å². The Morgan fingerprint density at radius 2 is 1.94 bits per heavy atom. The van der Waals surface area contributed by atoms with Gasteiger partial charge in [-0.3, -0.25) is 14.9 Å². The number of anilines is 2. The molecule has 0 aromatic heterocycles. The highest BCUT2D eigenvalue weighted by atomic mass is 35.5. The highest BCUT2D eigenvalue weighted by molar-refractivity contribution is 6.31. The maximum Gasteiger partial charge on any atom is 0.338 e. The van der Waals surface area contributed by atoms with Gasteiger partial charge < -0.3 is 15.4 Å². The lowest BCUT2D eigenvalue weighted by Crippen LogP contribution is -2.52. The highest BCUT2D eigenvalue weighted by Crippen LogP contribution is 2.48. The topological polar surface area (TPSA) is 96.5 Å². The third-order valence-electron chi connectivity index (χ3n) is 6.22. The van der Waals surface area contributed by atoms with Crippen molar-refractivity contribution in [2.75, 3.05) is 17.2 Å². The standard InChI is InChI=1S/C24H26ClN3O4/c1-4-32-22(30)14-5-8-16(9-6-14)26-21(29)18-12-20(13(2)3)28-24(18)17-11-15(25)7-10-19(17)27-23(24)31/h5-11,13,18,20,28H,4,12H2,1-3H3,(H,26,29)(H,27,31). The Morgan fingerprint density at radius 3 is 2.59 bits per heavy atom. The van der Waals surface area contributed by atoms with Crippen LogP contribution in [0, 0.1) is 11.8 Å². The molecule has 2 aliphatic heterocycles. The van der Waals surface area contributed by atoms with E-state index < -0.39 is 17.4 Å². The monoisotopic (exact) mass is 455 g/mol. The van der Waals surface area contributed by atoms with Crippen LogP contribution in [0.25, 0.3) is 0 Å². The van der Waals surface area contributed by atoms with Gasteiger partial charge in [0.15, 0.2) is 0 Å². The molecule has 0 bridgehead atoms. The van der Waals surface area contributed by atoms with Crippen molar-refractivity contribution in [2.24, 2.45) is 11.8 Å². The predicted octanol–water partition coefficient (Wildman–Crippen LogP) is 3.94. The third kappa shape index (κ3) is 3.76. The maximum absolute atomic E-state index is 13.4. The predicted molar refractivity (Wildman–Crippen MR) is 123 cm³/mol. The molecule has 3 atom stereocenters. The normalized spacial score (nSPS) is 23.8. The Bertz CT molecular complexity index is 1070. The van der Waals surface area contributed by atoms with Gasteiger partial charge in [-0.05, 0) is 61.7 Å². The lowest BCUT2D eigenvalue weighted by molar-refractivity contribution is -0.130. The van der Waals surface area contributed by atoms with Crippen molar-refractivity contribution in [3.8, 4) is 0 Å². The van der Waals surface area contributed by atoms with Gasteiger partial charge in [0, 0.05) is 28.0 Å². The molecule has 0 saturated carbocycles. The van der Waals surface area contributed by atoms with E-state index in [4.69, 9.17) is 16.3 Å². The number of ether oxygens (including phenoxy) is 1. The number of rotatable bonds is 5. The van der Waals surface area contributed by atoms with Crippen LogP contribution < -0.4 is 16.0 Å². The number of nitrogens with one attached hydrogen (secondary N) is 3. The Hall–Kier alpha value is -2.90. The zero-order chi connectivity index (χ0) is 23.0. The number of fused-ring (bicyclic) bond motifs is 2. The van der Waals surface area contributed by atoms with Gasteiger partial charge in [0.25, 0.3) is 0 Å². The molecule has 2 aliphatic rings. The Morgan fingerprint density at radius 1 is 1.22 bits per heavy atom. The Balaban J connectivity index is 1.64. The number of amides is 2. The van der Waals surface area contributed by atoms with Crippen LogP contribution in [0.2, 0.25) is 5.02 Å². The van der Waals surface area contributed by atoms with Gasteiger partial charge in [-0.15, -0.1) is 0 Å². The van der Waals surface area contributed by atoms with Crippen LogP contribution in [0.1, 0.15) is 43.1 Å². The van der Waals surface area contributed by atoms with Crippen LogP contribution in [0.3, 0.4) is 0 Å².